The smallest absolute Gasteiger partial charge is 0.0459 e. The largest absolute Gasteiger partial charge is 0.140 e. The first-order chi connectivity index (χ1) is 11.3. The van der Waals surface area contributed by atoms with E-state index in [1.807, 2.05) is 22.7 Å². The average Bonchev–Trinajstić information content (AvgIpc) is 3.09. The van der Waals surface area contributed by atoms with E-state index < -0.39 is 0 Å². The van der Waals surface area contributed by atoms with Gasteiger partial charge in [-0.3, -0.25) is 0 Å². The zero-order chi connectivity index (χ0) is 15.4. The second kappa shape index (κ2) is 4.92. The Bertz CT molecular complexity index is 1140. The van der Waals surface area contributed by atoms with Crippen LogP contribution in [-0.4, -0.2) is 0 Å². The fourth-order valence-electron chi connectivity index (χ4n) is 3.19. The van der Waals surface area contributed by atoms with E-state index in [-0.39, 0.29) is 0 Å². The number of rotatable bonds is 1. The Labute approximate surface area is 142 Å². The van der Waals surface area contributed by atoms with Crippen molar-refractivity contribution >= 4 is 53.6 Å². The maximum Gasteiger partial charge on any atom is 0.0459 e. The van der Waals surface area contributed by atoms with Gasteiger partial charge in [0.25, 0.3) is 0 Å². The summed E-state index contributed by atoms with van der Waals surface area (Å²) in [5.74, 6) is 0. The standard InChI is InChI=1S/C21H14S2/c1-13-8-20-21(22-13)12-19(23-20)17-7-6-16-9-14-4-2-3-5-15(14)10-18(16)11-17/h2-12H,1H3. The van der Waals surface area contributed by atoms with Crippen molar-refractivity contribution in [2.75, 3.05) is 0 Å². The van der Waals surface area contributed by atoms with Crippen molar-refractivity contribution in [3.63, 3.8) is 0 Å². The Morgan fingerprint density at radius 3 is 2.09 bits per heavy atom. The van der Waals surface area contributed by atoms with Crippen LogP contribution in [0.3, 0.4) is 0 Å². The highest BCUT2D eigenvalue weighted by atomic mass is 32.1. The monoisotopic (exact) mass is 330 g/mol. The summed E-state index contributed by atoms with van der Waals surface area (Å²) in [7, 11) is 0. The normalized spacial score (nSPS) is 11.7. The lowest BCUT2D eigenvalue weighted by Crippen LogP contribution is -1.78. The molecule has 0 nitrogen and oxygen atoms in total. The highest BCUT2D eigenvalue weighted by molar-refractivity contribution is 7.29. The Balaban J connectivity index is 1.71. The van der Waals surface area contributed by atoms with E-state index >= 15 is 0 Å². The van der Waals surface area contributed by atoms with Crippen LogP contribution in [0, 0.1) is 6.92 Å². The minimum Gasteiger partial charge on any atom is -0.140 e. The Morgan fingerprint density at radius 2 is 1.30 bits per heavy atom. The third-order valence-electron chi connectivity index (χ3n) is 4.32. The van der Waals surface area contributed by atoms with Crippen LogP contribution in [0.25, 0.3) is 41.4 Å². The molecule has 0 bridgehead atoms. The molecule has 5 aromatic rings. The maximum absolute atomic E-state index is 2.33. The molecule has 2 heterocycles. The summed E-state index contributed by atoms with van der Waals surface area (Å²) in [6.45, 7) is 2.18. The Morgan fingerprint density at radius 1 is 0.609 bits per heavy atom. The minimum atomic E-state index is 1.31. The van der Waals surface area contributed by atoms with Crippen LogP contribution < -0.4 is 0 Å². The predicted molar refractivity (Wildman–Crippen MR) is 105 cm³/mol. The van der Waals surface area contributed by atoms with Crippen molar-refractivity contribution in [3.8, 4) is 10.4 Å². The van der Waals surface area contributed by atoms with Crippen LogP contribution in [0.2, 0.25) is 0 Å². The van der Waals surface area contributed by atoms with Gasteiger partial charge in [0.1, 0.15) is 0 Å². The van der Waals surface area contributed by atoms with E-state index in [4.69, 9.17) is 0 Å². The molecule has 0 saturated carbocycles. The van der Waals surface area contributed by atoms with E-state index in [9.17, 15) is 0 Å². The van der Waals surface area contributed by atoms with E-state index in [0.29, 0.717) is 0 Å². The Kier molecular flexibility index (Phi) is 2.84. The summed E-state index contributed by atoms with van der Waals surface area (Å²) in [6.07, 6.45) is 0. The topological polar surface area (TPSA) is 0 Å². The van der Waals surface area contributed by atoms with Crippen LogP contribution in [-0.2, 0) is 0 Å². The van der Waals surface area contributed by atoms with Gasteiger partial charge < -0.3 is 0 Å². The molecule has 2 heteroatoms. The fraction of sp³-hybridized carbons (Fsp3) is 0.0476. The molecule has 0 saturated heterocycles. The molecule has 0 amide bonds. The highest BCUT2D eigenvalue weighted by Crippen LogP contribution is 2.39. The first kappa shape index (κ1) is 13.3. The molecule has 3 aromatic carbocycles. The van der Waals surface area contributed by atoms with Crippen LogP contribution in [0.4, 0.5) is 0 Å². The SMILES string of the molecule is Cc1cc2sc(-c3ccc4cc5ccccc5cc4c3)cc2s1. The molecule has 5 rings (SSSR count). The van der Waals surface area contributed by atoms with Gasteiger partial charge in [0.15, 0.2) is 0 Å². The molecule has 2 aromatic heterocycles. The van der Waals surface area contributed by atoms with Crippen molar-refractivity contribution in [2.45, 2.75) is 6.92 Å². The summed E-state index contributed by atoms with van der Waals surface area (Å²) in [4.78, 5) is 2.75. The lowest BCUT2D eigenvalue weighted by molar-refractivity contribution is 1.66. The zero-order valence-electron chi connectivity index (χ0n) is 12.7. The van der Waals surface area contributed by atoms with Crippen LogP contribution in [0.15, 0.2) is 66.7 Å². The Hall–Kier alpha value is -2.16. The van der Waals surface area contributed by atoms with E-state index in [1.165, 1.54) is 46.3 Å². The first-order valence-electron chi connectivity index (χ1n) is 7.69. The maximum atomic E-state index is 2.33. The van der Waals surface area contributed by atoms with Crippen molar-refractivity contribution in [1.29, 1.82) is 0 Å². The lowest BCUT2D eigenvalue weighted by atomic mass is 10.0. The number of thiophene rings is 2. The van der Waals surface area contributed by atoms with Gasteiger partial charge in [-0.15, -0.1) is 22.7 Å². The molecule has 23 heavy (non-hydrogen) atoms. The second-order valence-electron chi connectivity index (χ2n) is 5.96. The molecule has 0 spiro atoms. The average molecular weight is 330 g/mol. The number of hydrogen-bond acceptors (Lipinski definition) is 2. The summed E-state index contributed by atoms with van der Waals surface area (Å²) >= 11 is 3.78. The molecule has 0 aliphatic heterocycles. The number of aryl methyl sites for hydroxylation is 1. The predicted octanol–water partition coefficient (Wildman–Crippen LogP) is 7.24. The molecule has 0 aliphatic rings. The van der Waals surface area contributed by atoms with Gasteiger partial charge in [0, 0.05) is 19.2 Å². The van der Waals surface area contributed by atoms with Crippen LogP contribution in [0.1, 0.15) is 4.88 Å². The van der Waals surface area contributed by atoms with Crippen molar-refractivity contribution in [2.24, 2.45) is 0 Å². The molecule has 0 aliphatic carbocycles. The molecule has 0 atom stereocenters. The van der Waals surface area contributed by atoms with Crippen molar-refractivity contribution in [3.05, 3.63) is 71.6 Å². The quantitative estimate of drug-likeness (QED) is 0.284. The van der Waals surface area contributed by atoms with Crippen LogP contribution in [0.5, 0.6) is 0 Å². The molecule has 0 N–H and O–H groups in total. The number of fused-ring (bicyclic) bond motifs is 3. The van der Waals surface area contributed by atoms with Crippen molar-refractivity contribution in [1.82, 2.24) is 0 Å². The van der Waals surface area contributed by atoms with Crippen LogP contribution >= 0.6 is 22.7 Å². The third-order valence-corrected chi connectivity index (χ3v) is 6.58. The van der Waals surface area contributed by atoms with Gasteiger partial charge in [-0.05, 0) is 64.4 Å². The van der Waals surface area contributed by atoms with E-state index in [2.05, 4.69) is 73.7 Å². The molecular formula is C21H14S2. The highest BCUT2D eigenvalue weighted by Gasteiger charge is 2.08. The molecule has 110 valence electrons. The van der Waals surface area contributed by atoms with Crippen molar-refractivity contribution < 1.29 is 0 Å². The first-order valence-corrected chi connectivity index (χ1v) is 9.32. The second-order valence-corrected chi connectivity index (χ2v) is 8.33. The summed E-state index contributed by atoms with van der Waals surface area (Å²) in [5.41, 5.74) is 1.32. The fourth-order valence-corrected chi connectivity index (χ4v) is 5.50. The summed E-state index contributed by atoms with van der Waals surface area (Å²) in [5, 5.41) is 5.23. The summed E-state index contributed by atoms with van der Waals surface area (Å²) < 4.78 is 2.81. The van der Waals surface area contributed by atoms with E-state index in [1.54, 1.807) is 0 Å². The van der Waals surface area contributed by atoms with Gasteiger partial charge in [-0.1, -0.05) is 36.4 Å². The summed E-state index contributed by atoms with van der Waals surface area (Å²) in [6, 6.07) is 24.6. The molecule has 0 radical (unpaired) electrons. The number of hydrogen-bond donors (Lipinski definition) is 0. The van der Waals surface area contributed by atoms with Gasteiger partial charge in [-0.25, -0.2) is 0 Å². The lowest BCUT2D eigenvalue weighted by Gasteiger charge is -2.04. The third kappa shape index (κ3) is 2.18. The van der Waals surface area contributed by atoms with Gasteiger partial charge in [0.2, 0.25) is 0 Å². The minimum absolute atomic E-state index is 1.31. The van der Waals surface area contributed by atoms with E-state index in [0.717, 1.165) is 0 Å². The van der Waals surface area contributed by atoms with Gasteiger partial charge in [-0.2, -0.15) is 0 Å². The van der Waals surface area contributed by atoms with Gasteiger partial charge >= 0.3 is 0 Å². The molecule has 0 fully saturated rings. The zero-order valence-corrected chi connectivity index (χ0v) is 14.3. The van der Waals surface area contributed by atoms with Gasteiger partial charge in [0.05, 0.1) is 0 Å². The molecule has 0 unspecified atom stereocenters. The molecular weight excluding hydrogens is 316 g/mol. The number of benzene rings is 3.